The number of hydrogen-bond donors (Lipinski definition) is 5. The van der Waals surface area contributed by atoms with Crippen molar-refractivity contribution in [3.63, 3.8) is 0 Å². The second-order valence-electron chi connectivity index (χ2n) is 7.36. The molecule has 1 aromatic carbocycles. The lowest BCUT2D eigenvalue weighted by Crippen LogP contribution is -2.43. The number of rotatable bonds is 8. The van der Waals surface area contributed by atoms with Crippen LogP contribution in [0.5, 0.6) is 0 Å². The monoisotopic (exact) mass is 417 g/mol. The number of carbonyl (C=O) groups excluding carboxylic acids is 1. The van der Waals surface area contributed by atoms with Gasteiger partial charge < -0.3 is 25.6 Å². The van der Waals surface area contributed by atoms with Crippen molar-refractivity contribution in [3.8, 4) is 0 Å². The molecule has 1 aromatic heterocycles. The molecule has 0 unspecified atom stereocenters. The Labute approximate surface area is 171 Å². The predicted octanol–water partition coefficient (Wildman–Crippen LogP) is 1.89. The van der Waals surface area contributed by atoms with E-state index in [4.69, 9.17) is 5.11 Å². The van der Waals surface area contributed by atoms with Crippen LogP contribution in [0.25, 0.3) is 10.9 Å². The number of H-pyrrole nitrogens is 1. The van der Waals surface area contributed by atoms with Crippen molar-refractivity contribution in [2.24, 2.45) is 5.92 Å². The number of carbonyl (C=O) groups is 4. The predicted molar refractivity (Wildman–Crippen MR) is 106 cm³/mol. The molecule has 2 atom stereocenters. The third kappa shape index (κ3) is 4.77. The summed E-state index contributed by atoms with van der Waals surface area (Å²) in [6.45, 7) is 0.655. The lowest BCUT2D eigenvalue weighted by molar-refractivity contribution is -0.149. The van der Waals surface area contributed by atoms with E-state index in [0.717, 1.165) is 0 Å². The molecule has 0 spiro atoms. The van der Waals surface area contributed by atoms with E-state index >= 15 is 0 Å². The lowest BCUT2D eigenvalue weighted by Gasteiger charge is -2.34. The minimum atomic E-state index is -1.06. The number of fused-ring (bicyclic) bond motifs is 1. The van der Waals surface area contributed by atoms with E-state index in [2.05, 4.69) is 10.3 Å². The number of carboxylic acids is 3. The Morgan fingerprint density at radius 3 is 2.60 bits per heavy atom. The quantitative estimate of drug-likeness (QED) is 0.435. The summed E-state index contributed by atoms with van der Waals surface area (Å²) in [6.07, 6.45) is 2.30. The fraction of sp³-hybridized carbons (Fsp3) is 0.400. The first-order valence-corrected chi connectivity index (χ1v) is 9.58. The third-order valence-electron chi connectivity index (χ3n) is 5.26. The highest BCUT2D eigenvalue weighted by Gasteiger charge is 2.35. The topological polar surface area (TPSA) is 160 Å². The molecular formula is C20H23N3O7. The Kier molecular flexibility index (Phi) is 6.36. The molecule has 2 aromatic rings. The SMILES string of the molecule is O=C(O)CCC(=O)Nc1ccc2c([C@H](C(=O)O)N3CCC[C@@H](C(=O)O)C3)c[nH]c2c1. The molecule has 3 rings (SSSR count). The molecule has 160 valence electrons. The highest BCUT2D eigenvalue weighted by Crippen LogP contribution is 2.33. The van der Waals surface area contributed by atoms with Gasteiger partial charge >= 0.3 is 17.9 Å². The zero-order valence-corrected chi connectivity index (χ0v) is 16.1. The summed E-state index contributed by atoms with van der Waals surface area (Å²) in [4.78, 5) is 50.5. The molecule has 5 N–H and O–H groups in total. The molecule has 1 fully saturated rings. The first-order chi connectivity index (χ1) is 14.3. The fourth-order valence-electron chi connectivity index (χ4n) is 3.82. The maximum absolute atomic E-state index is 12.0. The Hall–Kier alpha value is -3.40. The molecule has 1 aliphatic heterocycles. The summed E-state index contributed by atoms with van der Waals surface area (Å²) in [5.41, 5.74) is 1.59. The standard InChI is InChI=1S/C20H23N3O7/c24-16(5-6-17(25)26)22-12-3-4-13-14(9-21-15(13)8-12)18(20(29)30)23-7-1-2-11(10-23)19(27)28/h3-4,8-9,11,18,21H,1-2,5-7,10H2,(H,22,24)(H,25,26)(H,27,28)(H,29,30)/t11-,18-/m1/s1. The molecule has 10 nitrogen and oxygen atoms in total. The van der Waals surface area contributed by atoms with Crippen LogP contribution in [-0.4, -0.2) is 62.1 Å². The molecule has 1 amide bonds. The number of amides is 1. The minimum Gasteiger partial charge on any atom is -0.481 e. The van der Waals surface area contributed by atoms with Crippen LogP contribution < -0.4 is 5.32 Å². The van der Waals surface area contributed by atoms with Crippen molar-refractivity contribution in [3.05, 3.63) is 30.0 Å². The van der Waals surface area contributed by atoms with E-state index in [-0.39, 0.29) is 19.4 Å². The zero-order chi connectivity index (χ0) is 21.8. The molecule has 30 heavy (non-hydrogen) atoms. The second kappa shape index (κ2) is 8.95. The van der Waals surface area contributed by atoms with E-state index in [0.29, 0.717) is 41.5 Å². The summed E-state index contributed by atoms with van der Waals surface area (Å²) in [7, 11) is 0. The number of aromatic amines is 1. The van der Waals surface area contributed by atoms with E-state index in [1.807, 2.05) is 0 Å². The van der Waals surface area contributed by atoms with Gasteiger partial charge in [0.25, 0.3) is 0 Å². The highest BCUT2D eigenvalue weighted by atomic mass is 16.4. The molecule has 2 heterocycles. The molecule has 0 saturated carbocycles. The van der Waals surface area contributed by atoms with Crippen molar-refractivity contribution >= 4 is 40.4 Å². The van der Waals surface area contributed by atoms with Crippen LogP contribution in [0.4, 0.5) is 5.69 Å². The van der Waals surface area contributed by atoms with Gasteiger partial charge in [-0.15, -0.1) is 0 Å². The van der Waals surface area contributed by atoms with Gasteiger partial charge in [0, 0.05) is 41.3 Å². The lowest BCUT2D eigenvalue weighted by atomic mass is 9.94. The number of benzene rings is 1. The molecule has 1 saturated heterocycles. The van der Waals surface area contributed by atoms with Crippen molar-refractivity contribution < 1.29 is 34.5 Å². The van der Waals surface area contributed by atoms with Gasteiger partial charge in [0.05, 0.1) is 12.3 Å². The van der Waals surface area contributed by atoms with Crippen LogP contribution in [0.2, 0.25) is 0 Å². The first kappa shape index (κ1) is 21.3. The zero-order valence-electron chi connectivity index (χ0n) is 16.1. The minimum absolute atomic E-state index is 0.149. The summed E-state index contributed by atoms with van der Waals surface area (Å²) in [6, 6.07) is 3.96. The molecule has 10 heteroatoms. The number of nitrogens with one attached hydrogen (secondary N) is 2. The van der Waals surface area contributed by atoms with Gasteiger partial charge in [0.1, 0.15) is 6.04 Å². The van der Waals surface area contributed by atoms with Gasteiger partial charge in [-0.3, -0.25) is 24.1 Å². The van der Waals surface area contributed by atoms with Gasteiger partial charge in [-0.05, 0) is 31.5 Å². The van der Waals surface area contributed by atoms with Gasteiger partial charge in [0.2, 0.25) is 5.91 Å². The first-order valence-electron chi connectivity index (χ1n) is 9.58. The van der Waals surface area contributed by atoms with Crippen LogP contribution in [-0.2, 0) is 19.2 Å². The fourth-order valence-corrected chi connectivity index (χ4v) is 3.82. The van der Waals surface area contributed by atoms with Crippen LogP contribution in [0, 0.1) is 5.92 Å². The smallest absolute Gasteiger partial charge is 0.325 e. The number of piperidine rings is 1. The summed E-state index contributed by atoms with van der Waals surface area (Å²) < 4.78 is 0. The normalized spacial score (nSPS) is 18.1. The largest absolute Gasteiger partial charge is 0.481 e. The molecule has 1 aliphatic rings. The van der Waals surface area contributed by atoms with Gasteiger partial charge in [-0.1, -0.05) is 6.07 Å². The van der Waals surface area contributed by atoms with Crippen LogP contribution >= 0.6 is 0 Å². The number of carboxylic acid groups (broad SMARTS) is 3. The van der Waals surface area contributed by atoms with E-state index in [9.17, 15) is 29.4 Å². The summed E-state index contributed by atoms with van der Waals surface area (Å²) >= 11 is 0. The van der Waals surface area contributed by atoms with Crippen molar-refractivity contribution in [1.82, 2.24) is 9.88 Å². The Morgan fingerprint density at radius 2 is 1.93 bits per heavy atom. The van der Waals surface area contributed by atoms with E-state index in [1.165, 1.54) is 0 Å². The maximum atomic E-state index is 12.0. The summed E-state index contributed by atoms with van der Waals surface area (Å²) in [5.74, 6) is -4.07. The van der Waals surface area contributed by atoms with E-state index < -0.39 is 35.8 Å². The molecule has 0 radical (unpaired) electrons. The van der Waals surface area contributed by atoms with Gasteiger partial charge in [-0.25, -0.2) is 0 Å². The van der Waals surface area contributed by atoms with Crippen molar-refractivity contribution in [2.75, 3.05) is 18.4 Å². The Balaban J connectivity index is 1.82. The average Bonchev–Trinajstić information content (AvgIpc) is 3.09. The van der Waals surface area contributed by atoms with Crippen LogP contribution in [0.15, 0.2) is 24.4 Å². The number of likely N-dealkylation sites (tertiary alicyclic amines) is 1. The average molecular weight is 417 g/mol. The Morgan fingerprint density at radius 1 is 1.17 bits per heavy atom. The highest BCUT2D eigenvalue weighted by molar-refractivity contribution is 5.96. The number of hydrogen-bond acceptors (Lipinski definition) is 5. The maximum Gasteiger partial charge on any atom is 0.325 e. The summed E-state index contributed by atoms with van der Waals surface area (Å²) in [5, 5.41) is 31.1. The van der Waals surface area contributed by atoms with Crippen molar-refractivity contribution in [1.29, 1.82) is 0 Å². The third-order valence-corrected chi connectivity index (χ3v) is 5.26. The van der Waals surface area contributed by atoms with Crippen molar-refractivity contribution in [2.45, 2.75) is 31.7 Å². The van der Waals surface area contributed by atoms with Crippen LogP contribution in [0.1, 0.15) is 37.3 Å². The molecule has 0 bridgehead atoms. The molecule has 0 aliphatic carbocycles. The van der Waals surface area contributed by atoms with Gasteiger partial charge in [0.15, 0.2) is 0 Å². The molecular weight excluding hydrogens is 394 g/mol. The number of anilines is 1. The van der Waals surface area contributed by atoms with E-state index in [1.54, 1.807) is 29.3 Å². The second-order valence-corrected chi connectivity index (χ2v) is 7.36. The number of nitrogens with zero attached hydrogens (tertiary/aromatic N) is 1. The number of aromatic nitrogens is 1. The van der Waals surface area contributed by atoms with Crippen LogP contribution in [0.3, 0.4) is 0 Å². The van der Waals surface area contributed by atoms with Gasteiger partial charge in [-0.2, -0.15) is 0 Å². The Bertz CT molecular complexity index is 984. The number of aliphatic carboxylic acids is 3.